The van der Waals surface area contributed by atoms with Gasteiger partial charge in [-0.2, -0.15) is 13.5 Å². The number of nitrogen functional groups attached to an aromatic ring is 1. The lowest BCUT2D eigenvalue weighted by atomic mass is 10.00. The van der Waals surface area contributed by atoms with Gasteiger partial charge < -0.3 is 10.5 Å². The minimum Gasteiger partial charge on any atom is -0.485 e. The quantitative estimate of drug-likeness (QED) is 0.351. The van der Waals surface area contributed by atoms with Crippen LogP contribution in [0.1, 0.15) is 12.4 Å². The second-order valence-electron chi connectivity index (χ2n) is 6.14. The Labute approximate surface area is 175 Å². The van der Waals surface area contributed by atoms with E-state index in [2.05, 4.69) is 20.1 Å². The summed E-state index contributed by atoms with van der Waals surface area (Å²) in [6, 6.07) is 2.78. The Hall–Kier alpha value is -3.54. The third-order valence-electron chi connectivity index (χ3n) is 4.27. The molecule has 0 spiro atoms. The number of nitrogens with zero attached hydrogens (tertiary/aromatic N) is 5. The van der Waals surface area contributed by atoms with Crippen molar-refractivity contribution in [3.05, 3.63) is 59.2 Å². The van der Waals surface area contributed by atoms with Crippen LogP contribution in [-0.4, -0.2) is 24.7 Å². The van der Waals surface area contributed by atoms with Crippen molar-refractivity contribution in [2.75, 3.05) is 5.73 Å². The van der Waals surface area contributed by atoms with Gasteiger partial charge in [-0.25, -0.2) is 28.1 Å². The summed E-state index contributed by atoms with van der Waals surface area (Å²) >= 11 is 5.62. The molecule has 31 heavy (non-hydrogen) atoms. The number of nitrogens with two attached hydrogens (primary N) is 1. The summed E-state index contributed by atoms with van der Waals surface area (Å²) in [5.74, 6) is -3.57. The molecule has 0 saturated heterocycles. The van der Waals surface area contributed by atoms with Crippen LogP contribution >= 0.6 is 11.6 Å². The molecule has 0 amide bonds. The number of hydrogen-bond donors (Lipinski definition) is 1. The van der Waals surface area contributed by atoms with Crippen LogP contribution < -0.4 is 10.5 Å². The van der Waals surface area contributed by atoms with Crippen molar-refractivity contribution < 1.29 is 26.7 Å². The number of benzene rings is 2. The number of anilines is 1. The van der Waals surface area contributed by atoms with Gasteiger partial charge in [0.25, 0.3) is 0 Å². The van der Waals surface area contributed by atoms with Crippen molar-refractivity contribution in [2.45, 2.75) is 13.2 Å². The summed E-state index contributed by atoms with van der Waals surface area (Å²) in [4.78, 5) is 11.4. The minimum absolute atomic E-state index is 0.0204. The molecule has 2 heterocycles. The highest BCUT2D eigenvalue weighted by atomic mass is 35.5. The van der Waals surface area contributed by atoms with Gasteiger partial charge in [0, 0.05) is 17.2 Å². The van der Waals surface area contributed by atoms with E-state index in [1.54, 1.807) is 0 Å². The molecular formula is C18H10ClF5N6O. The van der Waals surface area contributed by atoms with E-state index in [-0.39, 0.29) is 39.4 Å². The van der Waals surface area contributed by atoms with Gasteiger partial charge in [0.1, 0.15) is 47.5 Å². The maximum atomic E-state index is 15.0. The topological polar surface area (TPSA) is 91.7 Å². The van der Waals surface area contributed by atoms with Crippen LogP contribution in [0.5, 0.6) is 5.75 Å². The van der Waals surface area contributed by atoms with Gasteiger partial charge in [0.15, 0.2) is 11.6 Å². The molecule has 4 aromatic rings. The predicted octanol–water partition coefficient (Wildman–Crippen LogP) is 4.52. The van der Waals surface area contributed by atoms with Crippen LogP contribution in [0.4, 0.5) is 27.8 Å². The van der Waals surface area contributed by atoms with E-state index in [0.717, 1.165) is 30.9 Å². The molecule has 0 bridgehead atoms. The Morgan fingerprint density at radius 1 is 1.10 bits per heavy atom. The summed E-state index contributed by atoms with van der Waals surface area (Å²) in [7, 11) is 0. The lowest BCUT2D eigenvalue weighted by molar-refractivity contribution is 0.0555. The lowest BCUT2D eigenvalue weighted by Crippen LogP contribution is -2.05. The maximum Gasteiger partial charge on any atom is 0.334 e. The molecule has 2 aromatic carbocycles. The Bertz CT molecular complexity index is 1300. The largest absolute Gasteiger partial charge is 0.485 e. The lowest BCUT2D eigenvalue weighted by Gasteiger charge is -2.14. The summed E-state index contributed by atoms with van der Waals surface area (Å²) in [6.45, 7) is -3.29. The fourth-order valence-corrected chi connectivity index (χ4v) is 3.07. The number of hydrogen-bond acceptors (Lipinski definition) is 6. The minimum atomic E-state index is -2.89. The van der Waals surface area contributed by atoms with Gasteiger partial charge in [0.05, 0.1) is 10.9 Å². The van der Waals surface area contributed by atoms with E-state index >= 15 is 4.39 Å². The SMILES string of the molecule is Nc1ncnc2c(-c3ccc(F)c(Cl)c3F)c(F)cc(OCc3ncn(C(F)F)n3)c12. The fourth-order valence-electron chi connectivity index (χ4n) is 2.91. The first-order valence-corrected chi connectivity index (χ1v) is 8.83. The zero-order chi connectivity index (χ0) is 22.3. The molecule has 0 atom stereocenters. The van der Waals surface area contributed by atoms with E-state index in [0.29, 0.717) is 4.68 Å². The first kappa shape index (κ1) is 20.7. The molecule has 4 rings (SSSR count). The van der Waals surface area contributed by atoms with Gasteiger partial charge in [-0.05, 0) is 12.1 Å². The molecule has 2 N–H and O–H groups in total. The van der Waals surface area contributed by atoms with E-state index in [1.807, 2.05) is 0 Å². The fraction of sp³-hybridized carbons (Fsp3) is 0.111. The van der Waals surface area contributed by atoms with E-state index in [1.165, 1.54) is 0 Å². The standard InChI is InChI=1S/C18H10ClF5N6O/c19-14-8(20)2-1-7(15(14)22)12-9(21)3-10(13-16(12)26-5-27-17(13)25)31-4-11-28-6-30(29-11)18(23)24/h1-3,5-6,18H,4H2,(H2,25,26,27). The van der Waals surface area contributed by atoms with Gasteiger partial charge in [0.2, 0.25) is 0 Å². The maximum absolute atomic E-state index is 15.0. The second kappa shape index (κ2) is 7.95. The predicted molar refractivity (Wildman–Crippen MR) is 99.9 cm³/mol. The molecule has 0 aliphatic rings. The molecule has 7 nitrogen and oxygen atoms in total. The van der Waals surface area contributed by atoms with Crippen molar-refractivity contribution in [1.82, 2.24) is 24.7 Å². The number of alkyl halides is 2. The van der Waals surface area contributed by atoms with Crippen LogP contribution in [0, 0.1) is 17.5 Å². The molecule has 160 valence electrons. The highest BCUT2D eigenvalue weighted by molar-refractivity contribution is 6.31. The Morgan fingerprint density at radius 3 is 2.58 bits per heavy atom. The molecule has 0 radical (unpaired) electrons. The average Bonchev–Trinajstić information content (AvgIpc) is 3.21. The molecule has 0 aliphatic heterocycles. The highest BCUT2D eigenvalue weighted by Gasteiger charge is 2.23. The number of halogens is 6. The Balaban J connectivity index is 1.82. The van der Waals surface area contributed by atoms with Crippen molar-refractivity contribution >= 4 is 28.3 Å². The number of fused-ring (bicyclic) bond motifs is 1. The number of rotatable bonds is 5. The zero-order valence-corrected chi connectivity index (χ0v) is 15.9. The van der Waals surface area contributed by atoms with Gasteiger partial charge in [-0.15, -0.1) is 5.10 Å². The summed E-state index contributed by atoms with van der Waals surface area (Å²) < 4.78 is 74.2. The van der Waals surface area contributed by atoms with Gasteiger partial charge in [-0.1, -0.05) is 11.6 Å². The van der Waals surface area contributed by atoms with Gasteiger partial charge in [-0.3, -0.25) is 0 Å². The van der Waals surface area contributed by atoms with Crippen molar-refractivity contribution in [2.24, 2.45) is 0 Å². The van der Waals surface area contributed by atoms with Crippen LogP contribution in [0.3, 0.4) is 0 Å². The zero-order valence-electron chi connectivity index (χ0n) is 15.2. The first-order chi connectivity index (χ1) is 14.8. The van der Waals surface area contributed by atoms with E-state index in [9.17, 15) is 17.6 Å². The Morgan fingerprint density at radius 2 is 1.87 bits per heavy atom. The third kappa shape index (κ3) is 3.69. The number of aromatic nitrogens is 5. The molecule has 0 saturated carbocycles. The molecule has 0 aliphatic carbocycles. The molecule has 0 unspecified atom stereocenters. The Kier molecular flexibility index (Phi) is 5.31. The van der Waals surface area contributed by atoms with Crippen LogP contribution in [-0.2, 0) is 6.61 Å². The molecule has 0 fully saturated rings. The third-order valence-corrected chi connectivity index (χ3v) is 4.62. The van der Waals surface area contributed by atoms with Crippen LogP contribution in [0.2, 0.25) is 5.02 Å². The monoisotopic (exact) mass is 456 g/mol. The molecule has 13 heteroatoms. The number of ether oxygens (including phenoxy) is 1. The summed E-state index contributed by atoms with van der Waals surface area (Å²) in [5, 5.41) is 2.73. The van der Waals surface area contributed by atoms with Crippen LogP contribution in [0.25, 0.3) is 22.0 Å². The average molecular weight is 457 g/mol. The first-order valence-electron chi connectivity index (χ1n) is 8.45. The normalized spacial score (nSPS) is 11.5. The van der Waals surface area contributed by atoms with Crippen molar-refractivity contribution in [3.8, 4) is 16.9 Å². The highest BCUT2D eigenvalue weighted by Crippen LogP contribution is 2.40. The van der Waals surface area contributed by atoms with E-state index < -0.39 is 35.6 Å². The van der Waals surface area contributed by atoms with E-state index in [4.69, 9.17) is 22.1 Å². The summed E-state index contributed by atoms with van der Waals surface area (Å²) in [6.07, 6.45) is 1.84. The smallest absolute Gasteiger partial charge is 0.334 e. The molecule has 2 aromatic heterocycles. The van der Waals surface area contributed by atoms with Crippen LogP contribution in [0.15, 0.2) is 30.9 Å². The van der Waals surface area contributed by atoms with Crippen molar-refractivity contribution in [3.63, 3.8) is 0 Å². The van der Waals surface area contributed by atoms with Crippen molar-refractivity contribution in [1.29, 1.82) is 0 Å². The second-order valence-corrected chi connectivity index (χ2v) is 6.52. The summed E-state index contributed by atoms with van der Waals surface area (Å²) in [5.41, 5.74) is 5.07. The molecular weight excluding hydrogens is 447 g/mol. The van der Waals surface area contributed by atoms with Gasteiger partial charge >= 0.3 is 6.55 Å².